The summed E-state index contributed by atoms with van der Waals surface area (Å²) in [4.78, 5) is 21.9. The van der Waals surface area contributed by atoms with Crippen LogP contribution in [0.25, 0.3) is 0 Å². The summed E-state index contributed by atoms with van der Waals surface area (Å²) in [5, 5.41) is 10.7. The van der Waals surface area contributed by atoms with Gasteiger partial charge in [-0.25, -0.2) is 0 Å². The van der Waals surface area contributed by atoms with Gasteiger partial charge in [0.05, 0.1) is 18.5 Å². The van der Waals surface area contributed by atoms with Crippen LogP contribution in [0.2, 0.25) is 0 Å². The topological polar surface area (TPSA) is 87.9 Å². The second-order valence-electron chi connectivity index (χ2n) is 5.33. The molecule has 124 valence electrons. The summed E-state index contributed by atoms with van der Waals surface area (Å²) in [7, 11) is 1.34. The monoisotopic (exact) mass is 329 g/mol. The van der Waals surface area contributed by atoms with E-state index < -0.39 is 4.92 Å². The van der Waals surface area contributed by atoms with Crippen LogP contribution in [0.1, 0.15) is 16.7 Å². The number of carbonyl (C=O) groups excluding carboxylic acids is 1. The Labute approximate surface area is 137 Å². The molecule has 7 heteroatoms. The van der Waals surface area contributed by atoms with Crippen LogP contribution in [0.15, 0.2) is 36.4 Å². The second-order valence-corrected chi connectivity index (χ2v) is 5.33. The fourth-order valence-electron chi connectivity index (χ4n) is 2.54. The van der Waals surface area contributed by atoms with Gasteiger partial charge in [0.1, 0.15) is 0 Å². The molecule has 24 heavy (non-hydrogen) atoms. The van der Waals surface area contributed by atoms with Gasteiger partial charge in [-0.1, -0.05) is 12.1 Å². The molecule has 0 spiro atoms. The number of non-ortho nitro benzene ring substituents is 1. The number of benzene rings is 2. The zero-order valence-corrected chi connectivity index (χ0v) is 13.0. The first-order valence-electron chi connectivity index (χ1n) is 7.28. The summed E-state index contributed by atoms with van der Waals surface area (Å²) >= 11 is 0. The molecule has 0 aromatic heterocycles. The summed E-state index contributed by atoms with van der Waals surface area (Å²) in [6, 6.07) is 9.93. The van der Waals surface area contributed by atoms with Crippen molar-refractivity contribution >= 4 is 11.7 Å². The molecule has 0 saturated heterocycles. The number of fused-ring (bicyclic) bond motifs is 1. The third-order valence-electron chi connectivity index (χ3n) is 3.80. The predicted molar refractivity (Wildman–Crippen MR) is 84.2 cm³/mol. The Balaban J connectivity index is 1.90. The molecule has 2 aromatic rings. The maximum absolute atomic E-state index is 11.6. The highest BCUT2D eigenvalue weighted by Crippen LogP contribution is 2.36. The standard InChI is InChI=1S/C17H15NO6/c1-22-17(19)9-13-8-16-15(23-10-24-16)7-12(13)6-11-2-4-14(5-3-11)18(20)21/h2-5,7-8H,6,9-10H2,1H3. The number of hydrogen-bond donors (Lipinski definition) is 0. The minimum Gasteiger partial charge on any atom is -0.469 e. The highest BCUT2D eigenvalue weighted by molar-refractivity contribution is 5.73. The van der Waals surface area contributed by atoms with E-state index in [0.29, 0.717) is 17.9 Å². The van der Waals surface area contributed by atoms with Gasteiger partial charge in [0.2, 0.25) is 6.79 Å². The first-order valence-corrected chi connectivity index (χ1v) is 7.28. The molecule has 0 aliphatic carbocycles. The summed E-state index contributed by atoms with van der Waals surface area (Å²) in [5.41, 5.74) is 2.60. The lowest BCUT2D eigenvalue weighted by Crippen LogP contribution is -2.07. The van der Waals surface area contributed by atoms with Crippen molar-refractivity contribution in [1.82, 2.24) is 0 Å². The molecular formula is C17H15NO6. The van der Waals surface area contributed by atoms with Crippen LogP contribution < -0.4 is 9.47 Å². The van der Waals surface area contributed by atoms with Crippen LogP contribution in [-0.4, -0.2) is 24.8 Å². The summed E-state index contributed by atoms with van der Waals surface area (Å²) in [6.45, 7) is 0.147. The molecule has 0 radical (unpaired) electrons. The van der Waals surface area contributed by atoms with E-state index >= 15 is 0 Å². The van der Waals surface area contributed by atoms with Gasteiger partial charge in [-0.2, -0.15) is 0 Å². The fourth-order valence-corrected chi connectivity index (χ4v) is 2.54. The summed E-state index contributed by atoms with van der Waals surface area (Å²) in [5.74, 6) is 0.876. The number of nitro groups is 1. The Hall–Kier alpha value is -3.09. The van der Waals surface area contributed by atoms with Crippen LogP contribution >= 0.6 is 0 Å². The number of hydrogen-bond acceptors (Lipinski definition) is 6. The molecule has 0 saturated carbocycles. The zero-order chi connectivity index (χ0) is 17.1. The van der Waals surface area contributed by atoms with Crippen molar-refractivity contribution in [3.8, 4) is 11.5 Å². The first kappa shape index (κ1) is 15.8. The van der Waals surface area contributed by atoms with Gasteiger partial charge in [0, 0.05) is 12.1 Å². The van der Waals surface area contributed by atoms with Crippen molar-refractivity contribution in [2.45, 2.75) is 12.8 Å². The number of rotatable bonds is 5. The zero-order valence-electron chi connectivity index (χ0n) is 13.0. The Kier molecular flexibility index (Phi) is 4.33. The van der Waals surface area contributed by atoms with Gasteiger partial charge in [-0.3, -0.25) is 14.9 Å². The van der Waals surface area contributed by atoms with Gasteiger partial charge in [0.15, 0.2) is 11.5 Å². The maximum Gasteiger partial charge on any atom is 0.309 e. The van der Waals surface area contributed by atoms with E-state index in [1.165, 1.54) is 19.2 Å². The van der Waals surface area contributed by atoms with E-state index in [9.17, 15) is 14.9 Å². The highest BCUT2D eigenvalue weighted by Gasteiger charge is 2.19. The molecule has 1 aliphatic rings. The van der Waals surface area contributed by atoms with E-state index in [4.69, 9.17) is 14.2 Å². The molecule has 7 nitrogen and oxygen atoms in total. The molecule has 1 aliphatic heterocycles. The predicted octanol–water partition coefficient (Wildman–Crippen LogP) is 2.63. The van der Waals surface area contributed by atoms with E-state index in [0.717, 1.165) is 16.7 Å². The Morgan fingerprint density at radius 3 is 2.38 bits per heavy atom. The molecule has 0 amide bonds. The highest BCUT2D eigenvalue weighted by atomic mass is 16.7. The van der Waals surface area contributed by atoms with E-state index in [1.807, 2.05) is 6.07 Å². The lowest BCUT2D eigenvalue weighted by molar-refractivity contribution is -0.384. The molecule has 0 fully saturated rings. The third-order valence-corrected chi connectivity index (χ3v) is 3.80. The van der Waals surface area contributed by atoms with E-state index in [-0.39, 0.29) is 24.9 Å². The minimum atomic E-state index is -0.437. The maximum atomic E-state index is 11.6. The number of nitro benzene ring substituents is 1. The molecule has 3 rings (SSSR count). The second kappa shape index (κ2) is 6.57. The molecule has 2 aromatic carbocycles. The molecule has 0 atom stereocenters. The number of nitrogens with zero attached hydrogens (tertiary/aromatic N) is 1. The van der Waals surface area contributed by atoms with Gasteiger partial charge in [-0.15, -0.1) is 0 Å². The summed E-state index contributed by atoms with van der Waals surface area (Å²) in [6.07, 6.45) is 0.635. The fraction of sp³-hybridized carbons (Fsp3) is 0.235. The molecule has 1 heterocycles. The number of ether oxygens (including phenoxy) is 3. The largest absolute Gasteiger partial charge is 0.469 e. The molecular weight excluding hydrogens is 314 g/mol. The number of esters is 1. The average molecular weight is 329 g/mol. The van der Waals surface area contributed by atoms with Gasteiger partial charge in [0.25, 0.3) is 5.69 Å². The van der Waals surface area contributed by atoms with E-state index in [1.54, 1.807) is 18.2 Å². The average Bonchev–Trinajstić information content (AvgIpc) is 3.02. The lowest BCUT2D eigenvalue weighted by atomic mass is 9.97. The third kappa shape index (κ3) is 3.29. The number of carbonyl (C=O) groups is 1. The molecule has 0 N–H and O–H groups in total. The summed E-state index contributed by atoms with van der Waals surface area (Å²) < 4.78 is 15.5. The van der Waals surface area contributed by atoms with Crippen LogP contribution in [-0.2, 0) is 22.4 Å². The van der Waals surface area contributed by atoms with Crippen molar-refractivity contribution in [2.75, 3.05) is 13.9 Å². The minimum absolute atomic E-state index is 0.0409. The van der Waals surface area contributed by atoms with Crippen molar-refractivity contribution in [3.05, 3.63) is 63.2 Å². The molecule has 0 bridgehead atoms. The quantitative estimate of drug-likeness (QED) is 0.476. The normalized spacial score (nSPS) is 12.0. The Bertz CT molecular complexity index is 784. The van der Waals surface area contributed by atoms with Gasteiger partial charge in [-0.05, 0) is 35.2 Å². The van der Waals surface area contributed by atoms with Crippen molar-refractivity contribution < 1.29 is 23.9 Å². The van der Waals surface area contributed by atoms with Crippen LogP contribution in [0.4, 0.5) is 5.69 Å². The first-order chi connectivity index (χ1) is 11.6. The van der Waals surface area contributed by atoms with E-state index in [2.05, 4.69) is 0 Å². The van der Waals surface area contributed by atoms with Gasteiger partial charge >= 0.3 is 5.97 Å². The van der Waals surface area contributed by atoms with Crippen LogP contribution in [0.3, 0.4) is 0 Å². The number of methoxy groups -OCH3 is 1. The SMILES string of the molecule is COC(=O)Cc1cc2c(cc1Cc1ccc([N+](=O)[O-])cc1)OCO2. The van der Waals surface area contributed by atoms with Crippen molar-refractivity contribution in [1.29, 1.82) is 0 Å². The Morgan fingerprint density at radius 2 is 1.79 bits per heavy atom. The van der Waals surface area contributed by atoms with Crippen molar-refractivity contribution in [2.24, 2.45) is 0 Å². The smallest absolute Gasteiger partial charge is 0.309 e. The van der Waals surface area contributed by atoms with Crippen molar-refractivity contribution in [3.63, 3.8) is 0 Å². The Morgan fingerprint density at radius 1 is 1.17 bits per heavy atom. The van der Waals surface area contributed by atoms with Crippen LogP contribution in [0, 0.1) is 10.1 Å². The van der Waals surface area contributed by atoms with Gasteiger partial charge < -0.3 is 14.2 Å². The lowest BCUT2D eigenvalue weighted by Gasteiger charge is -2.11. The van der Waals surface area contributed by atoms with Crippen LogP contribution in [0.5, 0.6) is 11.5 Å². The molecule has 0 unspecified atom stereocenters.